The van der Waals surface area contributed by atoms with Gasteiger partial charge in [-0.2, -0.15) is 0 Å². The molecule has 0 saturated heterocycles. The molecule has 0 aliphatic rings. The van der Waals surface area contributed by atoms with Crippen molar-refractivity contribution >= 4 is 0 Å². The summed E-state index contributed by atoms with van der Waals surface area (Å²) in [6.07, 6.45) is 0.264. The van der Waals surface area contributed by atoms with Gasteiger partial charge < -0.3 is 22.9 Å². The smallest absolute Gasteiger partial charge is 0.373 e. The molecular weight excluding hydrogens is 336 g/mol. The van der Waals surface area contributed by atoms with E-state index in [-0.39, 0.29) is 6.20 Å². The third kappa shape index (κ3) is 4.38. The van der Waals surface area contributed by atoms with Gasteiger partial charge in [0, 0.05) is 6.20 Å². The van der Waals surface area contributed by atoms with Crippen LogP contribution < -0.4 is 22.9 Å². The summed E-state index contributed by atoms with van der Waals surface area (Å²) < 4.78 is 0. The first-order valence-electron chi connectivity index (χ1n) is 5.42. The summed E-state index contributed by atoms with van der Waals surface area (Å²) in [5, 5.41) is 43.1. The van der Waals surface area contributed by atoms with E-state index in [0.29, 0.717) is 6.20 Å². The Kier molecular flexibility index (Phi) is 6.32. The number of nitrogens with two attached hydrogens (primary N) is 4. The molecular formula is C8H10N8O8. The predicted molar refractivity (Wildman–Crippen MR) is 74.9 cm³/mol. The third-order valence-electron chi connectivity index (χ3n) is 2.29. The minimum absolute atomic E-state index is 0.187. The van der Waals surface area contributed by atoms with E-state index in [4.69, 9.17) is 22.9 Å². The van der Waals surface area contributed by atoms with E-state index in [1.807, 2.05) is 0 Å². The van der Waals surface area contributed by atoms with Crippen molar-refractivity contribution in [3.8, 4) is 0 Å². The first kappa shape index (κ1) is 19.8. The summed E-state index contributed by atoms with van der Waals surface area (Å²) >= 11 is 0. The Bertz CT molecular complexity index is 732. The number of nitro groups is 4. The standard InChI is InChI=1S/C8H10N8O8/c9-1-3(10)7(15(21)22)8(16(23)24)6(12)5(11)4(14(19)20)2-13(17)18/h1-2H,9-12H2. The predicted octanol–water partition coefficient (Wildman–Crippen LogP) is -1.97. The second kappa shape index (κ2) is 7.68. The highest BCUT2D eigenvalue weighted by Gasteiger charge is 2.37. The molecule has 0 amide bonds. The maximum absolute atomic E-state index is 11.1. The molecule has 24 heavy (non-hydrogen) atoms. The van der Waals surface area contributed by atoms with Gasteiger partial charge in [0.15, 0.2) is 0 Å². The summed E-state index contributed by atoms with van der Waals surface area (Å²) in [7, 11) is 0. The van der Waals surface area contributed by atoms with Gasteiger partial charge in [0.25, 0.3) is 0 Å². The lowest BCUT2D eigenvalue weighted by Crippen LogP contribution is -2.25. The van der Waals surface area contributed by atoms with Crippen LogP contribution in [0.1, 0.15) is 0 Å². The van der Waals surface area contributed by atoms with Crippen LogP contribution in [0.4, 0.5) is 0 Å². The molecule has 0 atom stereocenters. The van der Waals surface area contributed by atoms with Crippen molar-refractivity contribution in [1.82, 2.24) is 0 Å². The van der Waals surface area contributed by atoms with Crippen molar-refractivity contribution in [2.75, 3.05) is 0 Å². The molecule has 0 saturated carbocycles. The molecule has 16 nitrogen and oxygen atoms in total. The first-order chi connectivity index (χ1) is 10.9. The topological polar surface area (TPSA) is 277 Å². The van der Waals surface area contributed by atoms with Crippen molar-refractivity contribution in [3.63, 3.8) is 0 Å². The van der Waals surface area contributed by atoms with E-state index in [0.717, 1.165) is 0 Å². The Balaban J connectivity index is 6.88. The highest BCUT2D eigenvalue weighted by atomic mass is 16.6. The normalized spacial score (nSPS) is 14.3. The van der Waals surface area contributed by atoms with Crippen molar-refractivity contribution in [2.24, 2.45) is 22.9 Å². The molecule has 0 bridgehead atoms. The van der Waals surface area contributed by atoms with Crippen LogP contribution in [0.2, 0.25) is 0 Å². The Labute approximate surface area is 131 Å². The third-order valence-corrected chi connectivity index (χ3v) is 2.29. The molecule has 130 valence electrons. The molecule has 0 aliphatic carbocycles. The van der Waals surface area contributed by atoms with E-state index < -0.39 is 53.9 Å². The fourth-order valence-corrected chi connectivity index (χ4v) is 1.30. The van der Waals surface area contributed by atoms with Crippen molar-refractivity contribution in [3.05, 3.63) is 87.0 Å². The summed E-state index contributed by atoms with van der Waals surface area (Å²) in [5.41, 5.74) is 12.9. The van der Waals surface area contributed by atoms with Gasteiger partial charge in [-0.1, -0.05) is 0 Å². The Morgan fingerprint density at radius 1 is 0.750 bits per heavy atom. The average molecular weight is 346 g/mol. The van der Waals surface area contributed by atoms with Crippen molar-refractivity contribution in [2.45, 2.75) is 0 Å². The van der Waals surface area contributed by atoms with Crippen LogP contribution in [-0.4, -0.2) is 19.7 Å². The summed E-state index contributed by atoms with van der Waals surface area (Å²) in [6.45, 7) is 0. The molecule has 0 aliphatic heterocycles. The van der Waals surface area contributed by atoms with E-state index >= 15 is 0 Å². The Hall–Kier alpha value is -4.24. The van der Waals surface area contributed by atoms with Gasteiger partial charge in [-0.15, -0.1) is 0 Å². The fourth-order valence-electron chi connectivity index (χ4n) is 1.30. The minimum Gasteiger partial charge on any atom is -0.403 e. The Morgan fingerprint density at radius 2 is 1.21 bits per heavy atom. The molecule has 0 spiro atoms. The molecule has 8 N–H and O–H groups in total. The highest BCUT2D eigenvalue weighted by molar-refractivity contribution is 5.40. The number of rotatable bonds is 7. The SMILES string of the molecule is NC=C(N)C(=C(C(N)=C(N)C(=C[N+](=O)[O-])[N+](=O)[O-])[N+](=O)[O-])[N+](=O)[O-]. The summed E-state index contributed by atoms with van der Waals surface area (Å²) in [6, 6.07) is 0. The first-order valence-corrected chi connectivity index (χ1v) is 5.42. The second-order valence-corrected chi connectivity index (χ2v) is 3.72. The van der Waals surface area contributed by atoms with E-state index in [1.165, 1.54) is 0 Å². The van der Waals surface area contributed by atoms with Gasteiger partial charge in [0.05, 0.1) is 19.7 Å². The summed E-state index contributed by atoms with van der Waals surface area (Å²) in [4.78, 5) is 37.8. The largest absolute Gasteiger partial charge is 0.403 e. The highest BCUT2D eigenvalue weighted by Crippen LogP contribution is 2.21. The average Bonchev–Trinajstić information content (AvgIpc) is 2.46. The van der Waals surface area contributed by atoms with Crippen LogP contribution >= 0.6 is 0 Å². The molecule has 0 unspecified atom stereocenters. The molecule has 0 radical (unpaired) electrons. The van der Waals surface area contributed by atoms with Gasteiger partial charge in [-0.25, -0.2) is 0 Å². The lowest BCUT2D eigenvalue weighted by molar-refractivity contribution is -0.466. The maximum Gasteiger partial charge on any atom is 0.373 e. The van der Waals surface area contributed by atoms with E-state index in [2.05, 4.69) is 0 Å². The van der Waals surface area contributed by atoms with Crippen LogP contribution in [0, 0.1) is 40.5 Å². The van der Waals surface area contributed by atoms with Gasteiger partial charge in [-0.05, 0) is 0 Å². The zero-order chi connectivity index (χ0) is 19.2. The van der Waals surface area contributed by atoms with Crippen LogP contribution in [0.5, 0.6) is 0 Å². The van der Waals surface area contributed by atoms with Gasteiger partial charge in [-0.3, -0.25) is 40.5 Å². The second-order valence-electron chi connectivity index (χ2n) is 3.72. The quantitative estimate of drug-likeness (QED) is 0.222. The molecule has 16 heteroatoms. The van der Waals surface area contributed by atoms with E-state index in [9.17, 15) is 40.5 Å². The summed E-state index contributed by atoms with van der Waals surface area (Å²) in [5.74, 6) is 0. The molecule has 0 rings (SSSR count). The van der Waals surface area contributed by atoms with Gasteiger partial charge in [0.1, 0.15) is 17.1 Å². The molecule has 0 aromatic carbocycles. The minimum atomic E-state index is -1.52. The van der Waals surface area contributed by atoms with Crippen LogP contribution in [0.25, 0.3) is 0 Å². The number of nitrogens with zero attached hydrogens (tertiary/aromatic N) is 4. The van der Waals surface area contributed by atoms with Crippen LogP contribution in [0.15, 0.2) is 46.6 Å². The lowest BCUT2D eigenvalue weighted by atomic mass is 10.1. The zero-order valence-electron chi connectivity index (χ0n) is 11.5. The van der Waals surface area contributed by atoms with Crippen molar-refractivity contribution < 1.29 is 19.7 Å². The van der Waals surface area contributed by atoms with Crippen molar-refractivity contribution in [1.29, 1.82) is 0 Å². The van der Waals surface area contributed by atoms with Crippen LogP contribution in [0.3, 0.4) is 0 Å². The van der Waals surface area contributed by atoms with Gasteiger partial charge in [0.2, 0.25) is 0 Å². The molecule has 0 fully saturated rings. The fraction of sp³-hybridized carbons (Fsp3) is 0. The number of hydrogen-bond donors (Lipinski definition) is 4. The number of hydrogen-bond acceptors (Lipinski definition) is 12. The lowest BCUT2D eigenvalue weighted by Gasteiger charge is -2.04. The molecule has 0 heterocycles. The monoisotopic (exact) mass is 346 g/mol. The molecule has 0 aromatic rings. The maximum atomic E-state index is 11.1. The zero-order valence-corrected chi connectivity index (χ0v) is 11.5. The molecule has 0 aromatic heterocycles. The van der Waals surface area contributed by atoms with Crippen LogP contribution in [-0.2, 0) is 0 Å². The Morgan fingerprint density at radius 3 is 1.50 bits per heavy atom. The van der Waals surface area contributed by atoms with E-state index in [1.54, 1.807) is 0 Å². The van der Waals surface area contributed by atoms with Gasteiger partial charge >= 0.3 is 23.3 Å².